The van der Waals surface area contributed by atoms with Crippen molar-refractivity contribution in [2.75, 3.05) is 30.5 Å². The van der Waals surface area contributed by atoms with E-state index < -0.39 is 9.84 Å². The number of hydrogen-bond donors (Lipinski definition) is 1. The highest BCUT2D eigenvalue weighted by atomic mass is 32.2. The number of anilines is 1. The molecule has 6 heteroatoms. The Hall–Kier alpha value is -1.14. The van der Waals surface area contributed by atoms with Gasteiger partial charge in [0.2, 0.25) is 0 Å². The average Bonchev–Trinajstić information content (AvgIpc) is 2.32. The number of aryl methyl sites for hydroxylation is 1. The van der Waals surface area contributed by atoms with Crippen LogP contribution in [0.2, 0.25) is 0 Å². The Morgan fingerprint density at radius 2 is 2.05 bits per heavy atom. The molecule has 0 saturated carbocycles. The normalized spacial score (nSPS) is 11.9. The maximum absolute atomic E-state index is 11.2. The first-order valence-corrected chi connectivity index (χ1v) is 8.83. The summed E-state index contributed by atoms with van der Waals surface area (Å²) in [6.07, 6.45) is 3.09. The highest BCUT2D eigenvalue weighted by Crippen LogP contribution is 2.16. The van der Waals surface area contributed by atoms with Crippen LogP contribution in [0.15, 0.2) is 12.3 Å². The number of pyridine rings is 1. The maximum Gasteiger partial charge on any atom is 0.149 e. The van der Waals surface area contributed by atoms with Gasteiger partial charge in [0, 0.05) is 38.6 Å². The standard InChI is InChI=1S/C14H25N3O2S/c1-11(2)15-9-13-8-12(3)14(16-10-13)17(4)6-7-20(5,18)19/h8,10-11,15H,6-7,9H2,1-5H3. The van der Waals surface area contributed by atoms with Gasteiger partial charge < -0.3 is 10.2 Å². The molecule has 0 atom stereocenters. The van der Waals surface area contributed by atoms with E-state index in [0.29, 0.717) is 12.6 Å². The SMILES string of the molecule is Cc1cc(CNC(C)C)cnc1N(C)CCS(C)(=O)=O. The molecule has 1 heterocycles. The highest BCUT2D eigenvalue weighted by molar-refractivity contribution is 7.90. The van der Waals surface area contributed by atoms with Crippen molar-refractivity contribution in [1.82, 2.24) is 10.3 Å². The molecule has 0 fully saturated rings. The fraction of sp³-hybridized carbons (Fsp3) is 0.643. The number of hydrogen-bond acceptors (Lipinski definition) is 5. The van der Waals surface area contributed by atoms with Crippen LogP contribution in [0.3, 0.4) is 0 Å². The second kappa shape index (κ2) is 7.04. The Morgan fingerprint density at radius 3 is 2.55 bits per heavy atom. The first-order valence-electron chi connectivity index (χ1n) is 6.77. The summed E-state index contributed by atoms with van der Waals surface area (Å²) in [7, 11) is -1.08. The summed E-state index contributed by atoms with van der Waals surface area (Å²) in [6.45, 7) is 7.45. The van der Waals surface area contributed by atoms with Crippen molar-refractivity contribution < 1.29 is 8.42 Å². The summed E-state index contributed by atoms with van der Waals surface area (Å²) in [6, 6.07) is 2.53. The molecular formula is C14H25N3O2S. The third-order valence-corrected chi connectivity index (χ3v) is 3.90. The number of nitrogens with one attached hydrogen (secondary N) is 1. The molecule has 1 N–H and O–H groups in total. The van der Waals surface area contributed by atoms with E-state index in [9.17, 15) is 8.42 Å². The van der Waals surface area contributed by atoms with Crippen molar-refractivity contribution >= 4 is 15.7 Å². The monoisotopic (exact) mass is 299 g/mol. The Labute approximate surface area is 122 Å². The van der Waals surface area contributed by atoms with Gasteiger partial charge in [-0.2, -0.15) is 0 Å². The molecular weight excluding hydrogens is 274 g/mol. The van der Waals surface area contributed by atoms with Crippen molar-refractivity contribution in [2.45, 2.75) is 33.4 Å². The zero-order valence-corrected chi connectivity index (χ0v) is 13.8. The van der Waals surface area contributed by atoms with Crippen molar-refractivity contribution in [1.29, 1.82) is 0 Å². The van der Waals surface area contributed by atoms with Gasteiger partial charge in [0.1, 0.15) is 15.7 Å². The lowest BCUT2D eigenvalue weighted by Gasteiger charge is -2.20. The smallest absolute Gasteiger partial charge is 0.149 e. The minimum atomic E-state index is -2.95. The molecule has 1 aromatic rings. The van der Waals surface area contributed by atoms with E-state index in [1.165, 1.54) is 6.26 Å². The van der Waals surface area contributed by atoms with Crippen molar-refractivity contribution in [3.05, 3.63) is 23.4 Å². The molecule has 0 aliphatic carbocycles. The van der Waals surface area contributed by atoms with Gasteiger partial charge in [-0.3, -0.25) is 0 Å². The summed E-state index contributed by atoms with van der Waals surface area (Å²) in [4.78, 5) is 6.33. The molecule has 1 rings (SSSR count). The Balaban J connectivity index is 2.72. The largest absolute Gasteiger partial charge is 0.358 e. The molecule has 0 aromatic carbocycles. The van der Waals surface area contributed by atoms with Crippen LogP contribution in [0.4, 0.5) is 5.82 Å². The number of rotatable bonds is 7. The van der Waals surface area contributed by atoms with E-state index in [0.717, 1.165) is 23.5 Å². The van der Waals surface area contributed by atoms with Gasteiger partial charge >= 0.3 is 0 Å². The summed E-state index contributed by atoms with van der Waals surface area (Å²) >= 11 is 0. The molecule has 114 valence electrons. The van der Waals surface area contributed by atoms with E-state index in [2.05, 4.69) is 30.2 Å². The molecule has 1 aromatic heterocycles. The fourth-order valence-corrected chi connectivity index (χ4v) is 2.46. The van der Waals surface area contributed by atoms with Gasteiger partial charge in [-0.25, -0.2) is 13.4 Å². The fourth-order valence-electron chi connectivity index (χ4n) is 1.85. The van der Waals surface area contributed by atoms with Gasteiger partial charge in [-0.15, -0.1) is 0 Å². The van der Waals surface area contributed by atoms with Crippen LogP contribution < -0.4 is 10.2 Å². The van der Waals surface area contributed by atoms with E-state index in [-0.39, 0.29) is 5.75 Å². The average molecular weight is 299 g/mol. The molecule has 0 unspecified atom stereocenters. The first kappa shape index (κ1) is 16.9. The third kappa shape index (κ3) is 5.88. The minimum Gasteiger partial charge on any atom is -0.358 e. The quantitative estimate of drug-likeness (QED) is 0.824. The molecule has 0 spiro atoms. The number of nitrogens with zero attached hydrogens (tertiary/aromatic N) is 2. The van der Waals surface area contributed by atoms with Crippen LogP contribution in [0, 0.1) is 6.92 Å². The maximum atomic E-state index is 11.2. The zero-order chi connectivity index (χ0) is 15.3. The van der Waals surface area contributed by atoms with Gasteiger partial charge in [0.25, 0.3) is 0 Å². The minimum absolute atomic E-state index is 0.140. The topological polar surface area (TPSA) is 62.3 Å². The molecule has 0 amide bonds. The van der Waals surface area contributed by atoms with E-state index in [1.54, 1.807) is 0 Å². The predicted molar refractivity (Wildman–Crippen MR) is 83.9 cm³/mol. The molecule has 0 radical (unpaired) electrons. The van der Waals surface area contributed by atoms with Crippen LogP contribution in [-0.2, 0) is 16.4 Å². The number of aromatic nitrogens is 1. The second-order valence-corrected chi connectivity index (χ2v) is 7.83. The van der Waals surface area contributed by atoms with Crippen LogP contribution in [-0.4, -0.2) is 45.0 Å². The van der Waals surface area contributed by atoms with Crippen LogP contribution >= 0.6 is 0 Å². The van der Waals surface area contributed by atoms with Crippen LogP contribution in [0.1, 0.15) is 25.0 Å². The summed E-state index contributed by atoms with van der Waals surface area (Å²) in [5.41, 5.74) is 2.19. The summed E-state index contributed by atoms with van der Waals surface area (Å²) < 4.78 is 22.4. The Kier molecular flexibility index (Phi) is 5.95. The molecule has 20 heavy (non-hydrogen) atoms. The van der Waals surface area contributed by atoms with E-state index in [1.807, 2.05) is 25.1 Å². The van der Waals surface area contributed by atoms with E-state index >= 15 is 0 Å². The number of sulfone groups is 1. The third-order valence-electron chi connectivity index (χ3n) is 2.98. The van der Waals surface area contributed by atoms with E-state index in [4.69, 9.17) is 0 Å². The van der Waals surface area contributed by atoms with Crippen molar-refractivity contribution in [3.63, 3.8) is 0 Å². The van der Waals surface area contributed by atoms with Gasteiger partial charge in [-0.05, 0) is 24.1 Å². The summed E-state index contributed by atoms with van der Waals surface area (Å²) in [5, 5.41) is 3.35. The van der Waals surface area contributed by atoms with Crippen LogP contribution in [0.25, 0.3) is 0 Å². The second-order valence-electron chi connectivity index (χ2n) is 5.57. The lowest BCUT2D eigenvalue weighted by Crippen LogP contribution is -2.26. The predicted octanol–water partition coefficient (Wildman–Crippen LogP) is 1.37. The highest BCUT2D eigenvalue weighted by Gasteiger charge is 2.10. The molecule has 0 aliphatic heterocycles. The molecule has 0 saturated heterocycles. The molecule has 5 nitrogen and oxygen atoms in total. The van der Waals surface area contributed by atoms with Gasteiger partial charge in [-0.1, -0.05) is 13.8 Å². The van der Waals surface area contributed by atoms with Gasteiger partial charge in [0.15, 0.2) is 0 Å². The van der Waals surface area contributed by atoms with Crippen LogP contribution in [0.5, 0.6) is 0 Å². The molecule has 0 aliphatic rings. The summed E-state index contributed by atoms with van der Waals surface area (Å²) in [5.74, 6) is 0.975. The van der Waals surface area contributed by atoms with Crippen molar-refractivity contribution in [3.8, 4) is 0 Å². The van der Waals surface area contributed by atoms with Crippen molar-refractivity contribution in [2.24, 2.45) is 0 Å². The Morgan fingerprint density at radius 1 is 1.40 bits per heavy atom. The molecule has 0 bridgehead atoms. The zero-order valence-electron chi connectivity index (χ0n) is 13.0. The lowest BCUT2D eigenvalue weighted by molar-refractivity contribution is 0.587. The Bertz CT molecular complexity index is 541. The van der Waals surface area contributed by atoms with Gasteiger partial charge in [0.05, 0.1) is 5.75 Å². The lowest BCUT2D eigenvalue weighted by atomic mass is 10.2. The first-order chi connectivity index (χ1) is 9.19.